The van der Waals surface area contributed by atoms with Crippen molar-refractivity contribution in [3.63, 3.8) is 0 Å². The summed E-state index contributed by atoms with van der Waals surface area (Å²) in [4.78, 5) is 15.4. The summed E-state index contributed by atoms with van der Waals surface area (Å²) in [5, 5.41) is 0. The number of urea groups is 1. The van der Waals surface area contributed by atoms with Crippen molar-refractivity contribution in [2.24, 2.45) is 0 Å². The summed E-state index contributed by atoms with van der Waals surface area (Å²) < 4.78 is 0. The van der Waals surface area contributed by atoms with Crippen LogP contribution >= 0.6 is 0 Å². The minimum Gasteiger partial charge on any atom is -0.331 e. The van der Waals surface area contributed by atoms with Crippen LogP contribution in [0.25, 0.3) is 0 Å². The normalized spacial score (nSPS) is 10.3. The molecule has 0 aliphatic carbocycles. The van der Waals surface area contributed by atoms with Gasteiger partial charge in [0.15, 0.2) is 0 Å². The van der Waals surface area contributed by atoms with Crippen LogP contribution in [0.15, 0.2) is 30.3 Å². The van der Waals surface area contributed by atoms with E-state index in [2.05, 4.69) is 0 Å². The van der Waals surface area contributed by atoms with Gasteiger partial charge in [-0.3, -0.25) is 0 Å². The number of carbonyl (C=O) groups is 1. The van der Waals surface area contributed by atoms with Crippen molar-refractivity contribution in [2.45, 2.75) is 26.4 Å². The Bertz CT molecular complexity index is 333. The molecular formula is C13H20N2O. The van der Waals surface area contributed by atoms with Crippen LogP contribution in [-0.2, 0) is 6.54 Å². The molecule has 0 radical (unpaired) electrons. The molecule has 2 amide bonds. The number of amides is 2. The maximum atomic E-state index is 11.9. The summed E-state index contributed by atoms with van der Waals surface area (Å²) in [6.07, 6.45) is 0. The van der Waals surface area contributed by atoms with E-state index in [0.717, 1.165) is 5.56 Å². The van der Waals surface area contributed by atoms with Gasteiger partial charge in [-0.1, -0.05) is 30.3 Å². The van der Waals surface area contributed by atoms with Crippen molar-refractivity contribution in [1.29, 1.82) is 0 Å². The molecule has 0 aromatic heterocycles. The Morgan fingerprint density at radius 2 is 1.75 bits per heavy atom. The van der Waals surface area contributed by atoms with Crippen molar-refractivity contribution in [1.82, 2.24) is 9.80 Å². The van der Waals surface area contributed by atoms with Gasteiger partial charge in [-0.2, -0.15) is 0 Å². The summed E-state index contributed by atoms with van der Waals surface area (Å²) in [5.41, 5.74) is 1.16. The van der Waals surface area contributed by atoms with Gasteiger partial charge < -0.3 is 9.80 Å². The summed E-state index contributed by atoms with van der Waals surface area (Å²) in [6.45, 7) is 4.73. The SMILES string of the molecule is CC(C)N(Cc1ccccc1)C(=O)N(C)C. The zero-order valence-corrected chi connectivity index (χ0v) is 10.5. The molecule has 0 aliphatic rings. The summed E-state index contributed by atoms with van der Waals surface area (Å²) in [6, 6.07) is 10.3. The Labute approximate surface area is 97.7 Å². The third kappa shape index (κ3) is 3.26. The topological polar surface area (TPSA) is 23.6 Å². The molecule has 0 saturated carbocycles. The van der Waals surface area contributed by atoms with Crippen LogP contribution in [0.2, 0.25) is 0 Å². The number of nitrogens with zero attached hydrogens (tertiary/aromatic N) is 2. The van der Waals surface area contributed by atoms with E-state index < -0.39 is 0 Å². The Morgan fingerprint density at radius 3 is 2.19 bits per heavy atom. The quantitative estimate of drug-likeness (QED) is 0.768. The molecule has 0 N–H and O–H groups in total. The van der Waals surface area contributed by atoms with E-state index in [9.17, 15) is 4.79 Å². The fraction of sp³-hybridized carbons (Fsp3) is 0.462. The Kier molecular flexibility index (Phi) is 4.35. The van der Waals surface area contributed by atoms with E-state index in [0.29, 0.717) is 6.54 Å². The molecule has 0 heterocycles. The molecule has 0 spiro atoms. The molecule has 0 fully saturated rings. The van der Waals surface area contributed by atoms with E-state index >= 15 is 0 Å². The van der Waals surface area contributed by atoms with Crippen molar-refractivity contribution in [2.75, 3.05) is 14.1 Å². The van der Waals surface area contributed by atoms with Crippen LogP contribution in [0.3, 0.4) is 0 Å². The first kappa shape index (κ1) is 12.6. The predicted octanol–water partition coefficient (Wildman–Crippen LogP) is 2.58. The molecule has 3 heteroatoms. The number of hydrogen-bond acceptors (Lipinski definition) is 1. The molecule has 0 aliphatic heterocycles. The van der Waals surface area contributed by atoms with Crippen molar-refractivity contribution < 1.29 is 4.79 Å². The third-order valence-corrected chi connectivity index (χ3v) is 2.45. The highest BCUT2D eigenvalue weighted by Crippen LogP contribution is 2.09. The maximum Gasteiger partial charge on any atom is 0.320 e. The summed E-state index contributed by atoms with van der Waals surface area (Å²) >= 11 is 0. The van der Waals surface area contributed by atoms with Gasteiger partial charge in [0.05, 0.1) is 0 Å². The zero-order valence-electron chi connectivity index (χ0n) is 10.5. The molecule has 3 nitrogen and oxygen atoms in total. The minimum atomic E-state index is 0.0545. The number of benzene rings is 1. The molecule has 0 atom stereocenters. The zero-order chi connectivity index (χ0) is 12.1. The highest BCUT2D eigenvalue weighted by molar-refractivity contribution is 5.74. The second kappa shape index (κ2) is 5.54. The van der Waals surface area contributed by atoms with E-state index in [-0.39, 0.29) is 12.1 Å². The Morgan fingerprint density at radius 1 is 1.19 bits per heavy atom. The minimum absolute atomic E-state index is 0.0545. The van der Waals surface area contributed by atoms with Crippen LogP contribution in [0, 0.1) is 0 Å². The van der Waals surface area contributed by atoms with Gasteiger partial charge in [-0.15, -0.1) is 0 Å². The molecule has 1 aromatic carbocycles. The van der Waals surface area contributed by atoms with Crippen LogP contribution < -0.4 is 0 Å². The molecule has 0 unspecified atom stereocenters. The van der Waals surface area contributed by atoms with Crippen molar-refractivity contribution in [3.8, 4) is 0 Å². The molecule has 0 bridgehead atoms. The van der Waals surface area contributed by atoms with Crippen LogP contribution in [0.1, 0.15) is 19.4 Å². The van der Waals surface area contributed by atoms with E-state index in [1.54, 1.807) is 19.0 Å². The van der Waals surface area contributed by atoms with Gasteiger partial charge >= 0.3 is 6.03 Å². The lowest BCUT2D eigenvalue weighted by Crippen LogP contribution is -2.42. The van der Waals surface area contributed by atoms with Crippen molar-refractivity contribution in [3.05, 3.63) is 35.9 Å². The number of hydrogen-bond donors (Lipinski definition) is 0. The summed E-state index contributed by atoms with van der Waals surface area (Å²) in [7, 11) is 3.56. The monoisotopic (exact) mass is 220 g/mol. The maximum absolute atomic E-state index is 11.9. The molecule has 16 heavy (non-hydrogen) atoms. The first-order valence-corrected chi connectivity index (χ1v) is 5.54. The van der Waals surface area contributed by atoms with E-state index in [4.69, 9.17) is 0 Å². The fourth-order valence-corrected chi connectivity index (χ4v) is 1.51. The first-order valence-electron chi connectivity index (χ1n) is 5.54. The predicted molar refractivity (Wildman–Crippen MR) is 66.2 cm³/mol. The van der Waals surface area contributed by atoms with Crippen LogP contribution in [0.4, 0.5) is 4.79 Å². The average Bonchev–Trinajstić information content (AvgIpc) is 2.26. The third-order valence-electron chi connectivity index (χ3n) is 2.45. The number of rotatable bonds is 3. The van der Waals surface area contributed by atoms with E-state index in [1.807, 2.05) is 49.1 Å². The van der Waals surface area contributed by atoms with Gasteiger partial charge in [0, 0.05) is 26.7 Å². The number of carbonyl (C=O) groups excluding carboxylic acids is 1. The lowest BCUT2D eigenvalue weighted by atomic mass is 10.2. The molecular weight excluding hydrogens is 200 g/mol. The second-order valence-electron chi connectivity index (χ2n) is 4.38. The first-order chi connectivity index (χ1) is 7.52. The molecule has 1 aromatic rings. The largest absolute Gasteiger partial charge is 0.331 e. The highest BCUT2D eigenvalue weighted by Gasteiger charge is 2.18. The molecule has 88 valence electrons. The standard InChI is InChI=1S/C13H20N2O/c1-11(2)15(13(16)14(3)4)10-12-8-6-5-7-9-12/h5-9,11H,10H2,1-4H3. The van der Waals surface area contributed by atoms with Gasteiger partial charge in [0.25, 0.3) is 0 Å². The second-order valence-corrected chi connectivity index (χ2v) is 4.38. The Balaban J connectivity index is 2.77. The smallest absolute Gasteiger partial charge is 0.320 e. The molecule has 0 saturated heterocycles. The average molecular weight is 220 g/mol. The lowest BCUT2D eigenvalue weighted by Gasteiger charge is -2.29. The van der Waals surface area contributed by atoms with Gasteiger partial charge in [0.1, 0.15) is 0 Å². The fourth-order valence-electron chi connectivity index (χ4n) is 1.51. The van der Waals surface area contributed by atoms with Crippen molar-refractivity contribution >= 4 is 6.03 Å². The van der Waals surface area contributed by atoms with Gasteiger partial charge in [-0.05, 0) is 19.4 Å². The van der Waals surface area contributed by atoms with E-state index in [1.165, 1.54) is 0 Å². The van der Waals surface area contributed by atoms with Crippen LogP contribution in [-0.4, -0.2) is 36.0 Å². The van der Waals surface area contributed by atoms with Crippen LogP contribution in [0.5, 0.6) is 0 Å². The molecule has 1 rings (SSSR count). The Hall–Kier alpha value is -1.51. The highest BCUT2D eigenvalue weighted by atomic mass is 16.2. The van der Waals surface area contributed by atoms with Gasteiger partial charge in [-0.25, -0.2) is 4.79 Å². The van der Waals surface area contributed by atoms with Gasteiger partial charge in [0.2, 0.25) is 0 Å². The summed E-state index contributed by atoms with van der Waals surface area (Å²) in [5.74, 6) is 0. The lowest BCUT2D eigenvalue weighted by molar-refractivity contribution is 0.153.